The summed E-state index contributed by atoms with van der Waals surface area (Å²) < 4.78 is 0. The monoisotopic (exact) mass is 268 g/mol. The van der Waals surface area contributed by atoms with Crippen LogP contribution >= 0.6 is 0 Å². The molecule has 0 aromatic carbocycles. The van der Waals surface area contributed by atoms with Crippen LogP contribution in [0.15, 0.2) is 0 Å². The number of carboxylic acids is 1. The Morgan fingerprint density at radius 3 is 2.58 bits per heavy atom. The van der Waals surface area contributed by atoms with Crippen LogP contribution in [0.4, 0.5) is 5.69 Å². The second-order valence-electron chi connectivity index (χ2n) is 4.42. The molecule has 1 aromatic rings. The normalized spacial score (nSPS) is 12.2. The molecule has 1 amide bonds. The molecule has 1 atom stereocenters. The number of hydrogen-bond acceptors (Lipinski definition) is 4. The average Bonchev–Trinajstić information content (AvgIpc) is 2.66. The Kier molecular flexibility index (Phi) is 5.50. The highest BCUT2D eigenvalue weighted by Crippen LogP contribution is 2.15. The molecule has 1 aromatic heterocycles. The zero-order valence-electron chi connectivity index (χ0n) is 11.4. The molecule has 4 N–H and O–H groups in total. The first-order valence-electron chi connectivity index (χ1n) is 6.23. The van der Waals surface area contributed by atoms with Crippen LogP contribution in [0.1, 0.15) is 31.2 Å². The molecule has 0 aliphatic heterocycles. The third-order valence-electron chi connectivity index (χ3n) is 2.78. The van der Waals surface area contributed by atoms with Gasteiger partial charge in [-0.1, -0.05) is 13.3 Å². The smallest absolute Gasteiger partial charge is 0.320 e. The van der Waals surface area contributed by atoms with Crippen LogP contribution in [-0.2, 0) is 9.59 Å². The Morgan fingerprint density at radius 1 is 1.42 bits per heavy atom. The van der Waals surface area contributed by atoms with E-state index in [1.807, 2.05) is 6.92 Å². The van der Waals surface area contributed by atoms with Crippen LogP contribution in [0.3, 0.4) is 0 Å². The Balaban J connectivity index is 2.50. The number of aromatic amines is 1. The van der Waals surface area contributed by atoms with E-state index in [2.05, 4.69) is 20.8 Å². The number of anilines is 1. The van der Waals surface area contributed by atoms with Crippen molar-refractivity contribution in [1.82, 2.24) is 15.5 Å². The molecule has 0 aliphatic rings. The van der Waals surface area contributed by atoms with Crippen molar-refractivity contribution in [2.45, 2.75) is 39.7 Å². The minimum atomic E-state index is -0.940. The third-order valence-corrected chi connectivity index (χ3v) is 2.78. The van der Waals surface area contributed by atoms with Gasteiger partial charge in [0.15, 0.2) is 0 Å². The predicted octanol–water partition coefficient (Wildman–Crippen LogP) is 0.808. The van der Waals surface area contributed by atoms with Crippen molar-refractivity contribution in [1.29, 1.82) is 0 Å². The minimum absolute atomic E-state index is 0.0406. The maximum Gasteiger partial charge on any atom is 0.320 e. The molecule has 19 heavy (non-hydrogen) atoms. The fraction of sp³-hybridized carbons (Fsp3) is 0.583. The van der Waals surface area contributed by atoms with Gasteiger partial charge in [0.25, 0.3) is 0 Å². The highest BCUT2D eigenvalue weighted by molar-refractivity contribution is 5.93. The van der Waals surface area contributed by atoms with Gasteiger partial charge in [-0.3, -0.25) is 20.0 Å². The van der Waals surface area contributed by atoms with E-state index in [9.17, 15) is 9.59 Å². The second-order valence-corrected chi connectivity index (χ2v) is 4.42. The molecule has 7 heteroatoms. The predicted molar refractivity (Wildman–Crippen MR) is 71.0 cm³/mol. The van der Waals surface area contributed by atoms with Gasteiger partial charge in [0.2, 0.25) is 5.91 Å². The van der Waals surface area contributed by atoms with E-state index in [0.29, 0.717) is 17.8 Å². The number of aryl methyl sites for hydroxylation is 2. The first kappa shape index (κ1) is 15.2. The summed E-state index contributed by atoms with van der Waals surface area (Å²) in [6.07, 6.45) is 1.23. The molecule has 0 saturated heterocycles. The molecule has 0 radical (unpaired) electrons. The van der Waals surface area contributed by atoms with Crippen molar-refractivity contribution in [3.05, 3.63) is 11.4 Å². The molecule has 0 spiro atoms. The van der Waals surface area contributed by atoms with Gasteiger partial charge >= 0.3 is 5.97 Å². The quantitative estimate of drug-likeness (QED) is 0.585. The summed E-state index contributed by atoms with van der Waals surface area (Å²) in [6.45, 7) is 5.45. The number of carboxylic acid groups (broad SMARTS) is 1. The Morgan fingerprint density at radius 2 is 2.11 bits per heavy atom. The molecule has 0 fully saturated rings. The van der Waals surface area contributed by atoms with Crippen molar-refractivity contribution < 1.29 is 14.7 Å². The highest BCUT2D eigenvalue weighted by Gasteiger charge is 2.17. The summed E-state index contributed by atoms with van der Waals surface area (Å²) in [5.41, 5.74) is 2.12. The first-order valence-corrected chi connectivity index (χ1v) is 6.23. The molecular weight excluding hydrogens is 248 g/mol. The summed E-state index contributed by atoms with van der Waals surface area (Å²) >= 11 is 0. The number of hydrogen-bond donors (Lipinski definition) is 4. The zero-order valence-corrected chi connectivity index (χ0v) is 11.4. The number of aliphatic carboxylic acids is 1. The molecule has 0 saturated carbocycles. The second kappa shape index (κ2) is 6.89. The number of nitrogens with one attached hydrogen (secondary N) is 3. The lowest BCUT2D eigenvalue weighted by Gasteiger charge is -2.13. The molecule has 0 aliphatic carbocycles. The maximum atomic E-state index is 11.7. The van der Waals surface area contributed by atoms with Crippen molar-refractivity contribution in [3.8, 4) is 0 Å². The number of amides is 1. The molecular formula is C12H20N4O3. The number of carbonyl (C=O) groups excluding carboxylic acids is 1. The fourth-order valence-corrected chi connectivity index (χ4v) is 1.74. The molecule has 7 nitrogen and oxygen atoms in total. The van der Waals surface area contributed by atoms with E-state index in [4.69, 9.17) is 5.11 Å². The first-order chi connectivity index (χ1) is 8.95. The molecule has 1 rings (SSSR count). The standard InChI is InChI=1S/C12H20N4O3/c1-4-5-9(12(18)19)13-6-10(17)14-11-7(2)15-16-8(11)3/h9,13H,4-6H2,1-3H3,(H,14,17)(H,15,16)(H,18,19). The number of rotatable bonds is 7. The summed E-state index contributed by atoms with van der Waals surface area (Å²) in [7, 11) is 0. The minimum Gasteiger partial charge on any atom is -0.480 e. The van der Waals surface area contributed by atoms with E-state index >= 15 is 0 Å². The van der Waals surface area contributed by atoms with Gasteiger partial charge in [0, 0.05) is 0 Å². The van der Waals surface area contributed by atoms with E-state index in [1.54, 1.807) is 13.8 Å². The van der Waals surface area contributed by atoms with Crippen molar-refractivity contribution in [3.63, 3.8) is 0 Å². The van der Waals surface area contributed by atoms with Gasteiger partial charge in [-0.2, -0.15) is 5.10 Å². The summed E-state index contributed by atoms with van der Waals surface area (Å²) in [4.78, 5) is 22.7. The maximum absolute atomic E-state index is 11.7. The third kappa shape index (κ3) is 4.36. The summed E-state index contributed by atoms with van der Waals surface area (Å²) in [5, 5.41) is 21.1. The Labute approximate surface area is 111 Å². The van der Waals surface area contributed by atoms with Crippen LogP contribution < -0.4 is 10.6 Å². The van der Waals surface area contributed by atoms with Crippen LogP contribution in [-0.4, -0.2) is 39.8 Å². The van der Waals surface area contributed by atoms with Crippen LogP contribution in [0.2, 0.25) is 0 Å². The molecule has 106 valence electrons. The summed E-state index contributed by atoms with van der Waals surface area (Å²) in [5.74, 6) is -1.22. The van der Waals surface area contributed by atoms with Crippen LogP contribution in [0.5, 0.6) is 0 Å². The lowest BCUT2D eigenvalue weighted by atomic mass is 10.2. The van der Waals surface area contributed by atoms with Crippen molar-refractivity contribution in [2.75, 3.05) is 11.9 Å². The van der Waals surface area contributed by atoms with Gasteiger partial charge < -0.3 is 10.4 Å². The fourth-order valence-electron chi connectivity index (χ4n) is 1.74. The average molecular weight is 268 g/mol. The molecule has 1 unspecified atom stereocenters. The van der Waals surface area contributed by atoms with Crippen LogP contribution in [0, 0.1) is 13.8 Å². The number of aromatic nitrogens is 2. The lowest BCUT2D eigenvalue weighted by molar-refractivity contribution is -0.139. The topological polar surface area (TPSA) is 107 Å². The number of carbonyl (C=O) groups is 2. The van der Waals surface area contributed by atoms with E-state index in [0.717, 1.165) is 12.1 Å². The molecule has 0 bridgehead atoms. The van der Waals surface area contributed by atoms with E-state index in [1.165, 1.54) is 0 Å². The SMILES string of the molecule is CCCC(NCC(=O)Nc1c(C)n[nH]c1C)C(=O)O. The van der Waals surface area contributed by atoms with Crippen LogP contribution in [0.25, 0.3) is 0 Å². The lowest BCUT2D eigenvalue weighted by Crippen LogP contribution is -2.41. The van der Waals surface area contributed by atoms with Crippen molar-refractivity contribution in [2.24, 2.45) is 0 Å². The summed E-state index contributed by atoms with van der Waals surface area (Å²) in [6, 6.07) is -0.692. The van der Waals surface area contributed by atoms with Gasteiger partial charge in [0.05, 0.1) is 23.6 Å². The van der Waals surface area contributed by atoms with Gasteiger partial charge in [-0.15, -0.1) is 0 Å². The zero-order chi connectivity index (χ0) is 14.4. The number of nitrogens with zero attached hydrogens (tertiary/aromatic N) is 1. The number of H-pyrrole nitrogens is 1. The van der Waals surface area contributed by atoms with Gasteiger partial charge in [0.1, 0.15) is 6.04 Å². The Bertz CT molecular complexity index is 436. The van der Waals surface area contributed by atoms with Gasteiger partial charge in [-0.05, 0) is 20.3 Å². The van der Waals surface area contributed by atoms with E-state index < -0.39 is 12.0 Å². The largest absolute Gasteiger partial charge is 0.480 e. The van der Waals surface area contributed by atoms with Gasteiger partial charge in [-0.25, -0.2) is 0 Å². The Hall–Kier alpha value is -1.89. The van der Waals surface area contributed by atoms with Crippen molar-refractivity contribution >= 4 is 17.6 Å². The highest BCUT2D eigenvalue weighted by atomic mass is 16.4. The molecule has 1 heterocycles. The van der Waals surface area contributed by atoms with E-state index in [-0.39, 0.29) is 12.5 Å².